The van der Waals surface area contributed by atoms with Gasteiger partial charge in [-0.05, 0) is 68.5 Å². The number of benzene rings is 2. The molecule has 2 aliphatic heterocycles. The molecule has 0 aromatic heterocycles. The van der Waals surface area contributed by atoms with E-state index in [0.29, 0.717) is 23.7 Å². The molecule has 2 bridgehead atoms. The summed E-state index contributed by atoms with van der Waals surface area (Å²) in [7, 11) is 0. The second-order valence-corrected chi connectivity index (χ2v) is 8.86. The fourth-order valence-electron chi connectivity index (χ4n) is 4.84. The van der Waals surface area contributed by atoms with Gasteiger partial charge in [0.1, 0.15) is 0 Å². The molecule has 2 aliphatic rings. The Morgan fingerprint density at radius 3 is 2.37 bits per heavy atom. The number of halogens is 1. The van der Waals surface area contributed by atoms with Gasteiger partial charge in [0.15, 0.2) is 0 Å². The van der Waals surface area contributed by atoms with Gasteiger partial charge in [0.05, 0.1) is 6.54 Å². The van der Waals surface area contributed by atoms with E-state index in [2.05, 4.69) is 15.5 Å². The molecule has 0 saturated carbocycles. The SMILES string of the molecule is Cc1ccccc1C(=O)NC1CC2CCCC(C1)N2CC(=O)Nc1ccc(Cl)cc1. The Kier molecular flexibility index (Phi) is 6.40. The van der Waals surface area contributed by atoms with Gasteiger partial charge < -0.3 is 10.6 Å². The molecule has 2 heterocycles. The lowest BCUT2D eigenvalue weighted by Gasteiger charge is -2.48. The van der Waals surface area contributed by atoms with Crippen LogP contribution in [0.25, 0.3) is 0 Å². The molecule has 5 nitrogen and oxygen atoms in total. The normalized spacial score (nSPS) is 23.6. The molecule has 2 fully saturated rings. The first-order valence-corrected chi connectivity index (χ1v) is 11.0. The van der Waals surface area contributed by atoms with Gasteiger partial charge >= 0.3 is 0 Å². The maximum atomic E-state index is 12.7. The van der Waals surface area contributed by atoms with Gasteiger partial charge in [-0.3, -0.25) is 14.5 Å². The van der Waals surface area contributed by atoms with E-state index < -0.39 is 0 Å². The fraction of sp³-hybridized carbons (Fsp3) is 0.417. The smallest absolute Gasteiger partial charge is 0.251 e. The Morgan fingerprint density at radius 2 is 1.70 bits per heavy atom. The topological polar surface area (TPSA) is 61.4 Å². The monoisotopic (exact) mass is 425 g/mol. The lowest BCUT2D eigenvalue weighted by Crippen LogP contribution is -2.58. The number of fused-ring (bicyclic) bond motifs is 2. The highest BCUT2D eigenvalue weighted by Gasteiger charge is 2.39. The van der Waals surface area contributed by atoms with Crippen molar-refractivity contribution in [3.05, 3.63) is 64.7 Å². The van der Waals surface area contributed by atoms with Crippen LogP contribution in [-0.4, -0.2) is 41.4 Å². The molecule has 2 unspecified atom stereocenters. The molecular formula is C24H28ClN3O2. The number of carbonyl (C=O) groups is 2. The molecule has 2 amide bonds. The zero-order chi connectivity index (χ0) is 21.1. The summed E-state index contributed by atoms with van der Waals surface area (Å²) in [6, 6.07) is 15.7. The summed E-state index contributed by atoms with van der Waals surface area (Å²) in [4.78, 5) is 27.7. The van der Waals surface area contributed by atoms with Crippen LogP contribution in [0.3, 0.4) is 0 Å². The number of aryl methyl sites for hydroxylation is 1. The van der Waals surface area contributed by atoms with Crippen molar-refractivity contribution in [2.75, 3.05) is 11.9 Å². The number of anilines is 1. The zero-order valence-electron chi connectivity index (χ0n) is 17.2. The number of amides is 2. The van der Waals surface area contributed by atoms with Crippen LogP contribution >= 0.6 is 11.6 Å². The Balaban J connectivity index is 1.36. The number of hydrogen-bond acceptors (Lipinski definition) is 3. The first kappa shape index (κ1) is 20.9. The van der Waals surface area contributed by atoms with Crippen molar-refractivity contribution >= 4 is 29.1 Å². The third-order valence-electron chi connectivity index (χ3n) is 6.30. The summed E-state index contributed by atoms with van der Waals surface area (Å²) in [5.74, 6) is 0.00160. The van der Waals surface area contributed by atoms with E-state index in [-0.39, 0.29) is 17.9 Å². The van der Waals surface area contributed by atoms with Crippen molar-refractivity contribution in [2.45, 2.75) is 57.2 Å². The van der Waals surface area contributed by atoms with Gasteiger partial charge in [-0.1, -0.05) is 36.2 Å². The van der Waals surface area contributed by atoms with E-state index in [0.717, 1.165) is 42.5 Å². The largest absolute Gasteiger partial charge is 0.349 e. The molecule has 30 heavy (non-hydrogen) atoms. The van der Waals surface area contributed by atoms with E-state index in [1.54, 1.807) is 12.1 Å². The van der Waals surface area contributed by atoms with E-state index in [9.17, 15) is 9.59 Å². The molecular weight excluding hydrogens is 398 g/mol. The Morgan fingerprint density at radius 1 is 1.03 bits per heavy atom. The number of piperidine rings is 2. The van der Waals surface area contributed by atoms with Gasteiger partial charge in [-0.25, -0.2) is 0 Å². The number of hydrogen-bond donors (Lipinski definition) is 2. The molecule has 0 radical (unpaired) electrons. The summed E-state index contributed by atoms with van der Waals surface area (Å²) in [5.41, 5.74) is 2.49. The van der Waals surface area contributed by atoms with E-state index in [4.69, 9.17) is 11.6 Å². The molecule has 0 spiro atoms. The van der Waals surface area contributed by atoms with Gasteiger partial charge in [-0.2, -0.15) is 0 Å². The van der Waals surface area contributed by atoms with Crippen LogP contribution in [0.15, 0.2) is 48.5 Å². The molecule has 2 atom stereocenters. The second-order valence-electron chi connectivity index (χ2n) is 8.42. The molecule has 0 aliphatic carbocycles. The first-order valence-electron chi connectivity index (χ1n) is 10.7. The van der Waals surface area contributed by atoms with Crippen LogP contribution < -0.4 is 10.6 Å². The van der Waals surface area contributed by atoms with Crippen molar-refractivity contribution < 1.29 is 9.59 Å². The molecule has 2 aromatic carbocycles. The van der Waals surface area contributed by atoms with Gasteiger partial charge in [0.25, 0.3) is 5.91 Å². The van der Waals surface area contributed by atoms with Gasteiger partial charge in [-0.15, -0.1) is 0 Å². The zero-order valence-corrected chi connectivity index (χ0v) is 18.0. The Labute approximate surface area is 182 Å². The quantitative estimate of drug-likeness (QED) is 0.746. The van der Waals surface area contributed by atoms with Gasteiger partial charge in [0, 0.05) is 34.4 Å². The van der Waals surface area contributed by atoms with Crippen LogP contribution in [0.4, 0.5) is 5.69 Å². The second kappa shape index (κ2) is 9.19. The highest BCUT2D eigenvalue weighted by molar-refractivity contribution is 6.30. The lowest BCUT2D eigenvalue weighted by molar-refractivity contribution is -0.120. The number of nitrogens with zero attached hydrogens (tertiary/aromatic N) is 1. The lowest BCUT2D eigenvalue weighted by atomic mass is 9.81. The third-order valence-corrected chi connectivity index (χ3v) is 6.56. The summed E-state index contributed by atoms with van der Waals surface area (Å²) < 4.78 is 0. The third kappa shape index (κ3) is 4.85. The van der Waals surface area contributed by atoms with Crippen LogP contribution in [-0.2, 0) is 4.79 Å². The van der Waals surface area contributed by atoms with Crippen molar-refractivity contribution in [3.63, 3.8) is 0 Å². The number of carbonyl (C=O) groups excluding carboxylic acids is 2. The summed E-state index contributed by atoms with van der Waals surface area (Å²) in [6.45, 7) is 2.35. The maximum absolute atomic E-state index is 12.7. The standard InChI is InChI=1S/C24H28ClN3O2/c1-16-5-2-3-8-22(16)24(30)27-19-13-20-6-4-7-21(14-19)28(20)15-23(29)26-18-11-9-17(25)10-12-18/h2-3,5,8-12,19-21H,4,6-7,13-15H2,1H3,(H,26,29)(H,27,30). The van der Waals surface area contributed by atoms with E-state index >= 15 is 0 Å². The first-order chi connectivity index (χ1) is 14.5. The van der Waals surface area contributed by atoms with E-state index in [1.807, 2.05) is 43.3 Å². The predicted octanol–water partition coefficient (Wildman–Crippen LogP) is 4.40. The van der Waals surface area contributed by atoms with E-state index in [1.165, 1.54) is 6.42 Å². The molecule has 4 rings (SSSR count). The summed E-state index contributed by atoms with van der Waals surface area (Å²) in [6.07, 6.45) is 5.11. The van der Waals surface area contributed by atoms with Crippen LogP contribution in [0, 0.1) is 6.92 Å². The minimum absolute atomic E-state index is 0.00313. The molecule has 2 N–H and O–H groups in total. The van der Waals surface area contributed by atoms with Crippen LogP contribution in [0.1, 0.15) is 48.0 Å². The summed E-state index contributed by atoms with van der Waals surface area (Å²) in [5, 5.41) is 6.86. The van der Waals surface area contributed by atoms with Crippen molar-refractivity contribution in [1.29, 1.82) is 0 Å². The predicted molar refractivity (Wildman–Crippen MR) is 120 cm³/mol. The number of rotatable bonds is 5. The average molecular weight is 426 g/mol. The Hall–Kier alpha value is -2.37. The van der Waals surface area contributed by atoms with Crippen molar-refractivity contribution in [2.24, 2.45) is 0 Å². The highest BCUT2D eigenvalue weighted by atomic mass is 35.5. The average Bonchev–Trinajstić information content (AvgIpc) is 2.70. The molecule has 2 aromatic rings. The summed E-state index contributed by atoms with van der Waals surface area (Å²) >= 11 is 5.91. The minimum Gasteiger partial charge on any atom is -0.349 e. The minimum atomic E-state index is -0.00313. The fourth-order valence-corrected chi connectivity index (χ4v) is 4.97. The van der Waals surface area contributed by atoms with Crippen LogP contribution in [0.5, 0.6) is 0 Å². The Bertz CT molecular complexity index is 901. The van der Waals surface area contributed by atoms with Crippen molar-refractivity contribution in [3.8, 4) is 0 Å². The molecule has 158 valence electrons. The molecule has 2 saturated heterocycles. The maximum Gasteiger partial charge on any atom is 0.251 e. The van der Waals surface area contributed by atoms with Gasteiger partial charge in [0.2, 0.25) is 5.91 Å². The highest BCUT2D eigenvalue weighted by Crippen LogP contribution is 2.34. The van der Waals surface area contributed by atoms with Crippen molar-refractivity contribution in [1.82, 2.24) is 10.2 Å². The van der Waals surface area contributed by atoms with Crippen LogP contribution in [0.2, 0.25) is 5.02 Å². The number of nitrogens with one attached hydrogen (secondary N) is 2. The molecule has 6 heteroatoms.